The van der Waals surface area contributed by atoms with E-state index in [4.69, 9.17) is 23.1 Å². The predicted octanol–water partition coefficient (Wildman–Crippen LogP) is 2.10. The lowest BCUT2D eigenvalue weighted by molar-refractivity contribution is 0.732. The van der Waals surface area contributed by atoms with Crippen LogP contribution in [0.4, 0.5) is 0 Å². The molecule has 0 aliphatic carbocycles. The molecule has 1 aromatic carbocycles. The number of benzene rings is 1. The third kappa shape index (κ3) is 2.27. The Morgan fingerprint density at radius 2 is 1.89 bits per heavy atom. The molecule has 18 heavy (non-hydrogen) atoms. The van der Waals surface area contributed by atoms with Gasteiger partial charge < -0.3 is 11.5 Å². The Kier molecular flexibility index (Phi) is 3.71. The van der Waals surface area contributed by atoms with Crippen LogP contribution in [0.1, 0.15) is 22.9 Å². The molecule has 1 unspecified atom stereocenters. The van der Waals surface area contributed by atoms with Crippen molar-refractivity contribution in [2.75, 3.05) is 6.54 Å². The van der Waals surface area contributed by atoms with Crippen molar-refractivity contribution >= 4 is 11.6 Å². The average molecular weight is 265 g/mol. The normalized spacial score (nSPS) is 12.7. The summed E-state index contributed by atoms with van der Waals surface area (Å²) < 4.78 is 1.70. The summed E-state index contributed by atoms with van der Waals surface area (Å²) in [6, 6.07) is 7.71. The summed E-state index contributed by atoms with van der Waals surface area (Å²) in [6.45, 7) is 4.27. The van der Waals surface area contributed by atoms with Gasteiger partial charge in [-0.15, -0.1) is 0 Å². The van der Waals surface area contributed by atoms with Crippen molar-refractivity contribution in [3.8, 4) is 5.69 Å². The van der Waals surface area contributed by atoms with Gasteiger partial charge in [-0.3, -0.25) is 0 Å². The molecule has 0 aliphatic heterocycles. The molecule has 4 N–H and O–H groups in total. The molecular weight excluding hydrogens is 248 g/mol. The minimum absolute atomic E-state index is 0.281. The highest BCUT2D eigenvalue weighted by atomic mass is 35.5. The van der Waals surface area contributed by atoms with Crippen molar-refractivity contribution in [3.05, 3.63) is 46.2 Å². The molecule has 2 aromatic rings. The quantitative estimate of drug-likeness (QED) is 0.892. The number of aryl methyl sites for hydroxylation is 2. The molecule has 0 saturated carbocycles. The van der Waals surface area contributed by atoms with Crippen molar-refractivity contribution in [1.82, 2.24) is 9.78 Å². The van der Waals surface area contributed by atoms with Gasteiger partial charge >= 0.3 is 0 Å². The number of halogens is 1. The summed E-state index contributed by atoms with van der Waals surface area (Å²) in [5.74, 6) is 0. The second-order valence-corrected chi connectivity index (χ2v) is 4.74. The summed E-state index contributed by atoms with van der Waals surface area (Å²) in [5.41, 5.74) is 15.3. The van der Waals surface area contributed by atoms with Crippen molar-refractivity contribution in [3.63, 3.8) is 0 Å². The number of nitrogens with zero attached hydrogens (tertiary/aromatic N) is 2. The van der Waals surface area contributed by atoms with Crippen molar-refractivity contribution < 1.29 is 0 Å². The Morgan fingerprint density at radius 3 is 2.44 bits per heavy atom. The maximum Gasteiger partial charge on any atom is 0.137 e. The van der Waals surface area contributed by atoms with Gasteiger partial charge in [0, 0.05) is 18.2 Å². The van der Waals surface area contributed by atoms with Gasteiger partial charge in [0.15, 0.2) is 0 Å². The number of rotatable bonds is 3. The molecule has 96 valence electrons. The molecule has 0 fully saturated rings. The average Bonchev–Trinajstić information content (AvgIpc) is 2.65. The summed E-state index contributed by atoms with van der Waals surface area (Å²) in [6.07, 6.45) is 0. The van der Waals surface area contributed by atoms with Crippen LogP contribution in [0.2, 0.25) is 5.15 Å². The van der Waals surface area contributed by atoms with E-state index in [2.05, 4.69) is 5.10 Å². The summed E-state index contributed by atoms with van der Waals surface area (Å²) >= 11 is 6.34. The fraction of sp³-hybridized carbons (Fsp3) is 0.308. The van der Waals surface area contributed by atoms with E-state index in [0.717, 1.165) is 16.9 Å². The Morgan fingerprint density at radius 1 is 1.28 bits per heavy atom. The molecule has 0 amide bonds. The van der Waals surface area contributed by atoms with E-state index in [1.807, 2.05) is 38.1 Å². The Labute approximate surface area is 112 Å². The lowest BCUT2D eigenvalue weighted by Gasteiger charge is -2.08. The van der Waals surface area contributed by atoms with Crippen molar-refractivity contribution in [2.24, 2.45) is 11.5 Å². The van der Waals surface area contributed by atoms with E-state index in [0.29, 0.717) is 11.7 Å². The van der Waals surface area contributed by atoms with Crippen LogP contribution in [0.15, 0.2) is 24.3 Å². The zero-order valence-corrected chi connectivity index (χ0v) is 11.3. The largest absolute Gasteiger partial charge is 0.329 e. The Balaban J connectivity index is 2.50. The molecule has 1 atom stereocenters. The maximum absolute atomic E-state index is 6.34. The third-order valence-electron chi connectivity index (χ3n) is 2.95. The maximum atomic E-state index is 6.34. The zero-order chi connectivity index (χ0) is 13.3. The topological polar surface area (TPSA) is 69.9 Å². The standard InChI is InChI=1S/C13H17ClN4/c1-8-3-5-10(6-4-8)18-13(14)12(9(2)17-18)11(16)7-15/h3-6,11H,7,15-16H2,1-2H3. The Bertz CT molecular complexity index is 545. The molecule has 0 spiro atoms. The van der Waals surface area contributed by atoms with Gasteiger partial charge in [0.2, 0.25) is 0 Å². The molecule has 1 aromatic heterocycles. The second kappa shape index (κ2) is 5.10. The number of hydrogen-bond donors (Lipinski definition) is 2. The first-order valence-electron chi connectivity index (χ1n) is 5.82. The smallest absolute Gasteiger partial charge is 0.137 e. The van der Waals surface area contributed by atoms with Gasteiger partial charge in [-0.1, -0.05) is 29.3 Å². The van der Waals surface area contributed by atoms with E-state index in [9.17, 15) is 0 Å². The molecule has 0 bridgehead atoms. The van der Waals surface area contributed by atoms with Crippen LogP contribution in [0, 0.1) is 13.8 Å². The SMILES string of the molecule is Cc1ccc(-n2nc(C)c(C(N)CN)c2Cl)cc1. The van der Waals surface area contributed by atoms with E-state index in [-0.39, 0.29) is 6.04 Å². The highest BCUT2D eigenvalue weighted by molar-refractivity contribution is 6.30. The lowest BCUT2D eigenvalue weighted by Crippen LogP contribution is -2.21. The predicted molar refractivity (Wildman–Crippen MR) is 74.0 cm³/mol. The minimum Gasteiger partial charge on any atom is -0.329 e. The van der Waals surface area contributed by atoms with E-state index in [1.54, 1.807) is 4.68 Å². The monoisotopic (exact) mass is 264 g/mol. The molecule has 4 nitrogen and oxygen atoms in total. The summed E-state index contributed by atoms with van der Waals surface area (Å²) in [7, 11) is 0. The van der Waals surface area contributed by atoms with Crippen LogP contribution in [0.5, 0.6) is 0 Å². The molecule has 0 radical (unpaired) electrons. The van der Waals surface area contributed by atoms with Gasteiger partial charge in [-0.25, -0.2) is 4.68 Å². The molecule has 1 heterocycles. The lowest BCUT2D eigenvalue weighted by atomic mass is 10.1. The molecule has 2 rings (SSSR count). The minimum atomic E-state index is -0.281. The number of hydrogen-bond acceptors (Lipinski definition) is 3. The zero-order valence-electron chi connectivity index (χ0n) is 10.5. The van der Waals surface area contributed by atoms with E-state index >= 15 is 0 Å². The Hall–Kier alpha value is -1.36. The van der Waals surface area contributed by atoms with E-state index in [1.165, 1.54) is 5.56 Å². The van der Waals surface area contributed by atoms with Gasteiger partial charge in [-0.2, -0.15) is 5.10 Å². The van der Waals surface area contributed by atoms with Gasteiger partial charge in [0.05, 0.1) is 11.4 Å². The van der Waals surface area contributed by atoms with Gasteiger partial charge in [-0.05, 0) is 26.0 Å². The van der Waals surface area contributed by atoms with Crippen LogP contribution in [0.25, 0.3) is 5.69 Å². The first kappa shape index (κ1) is 13.1. The third-order valence-corrected chi connectivity index (χ3v) is 3.31. The van der Waals surface area contributed by atoms with Crippen LogP contribution in [-0.4, -0.2) is 16.3 Å². The van der Waals surface area contributed by atoms with E-state index < -0.39 is 0 Å². The van der Waals surface area contributed by atoms with Gasteiger partial charge in [0.1, 0.15) is 5.15 Å². The molecular formula is C13H17ClN4. The van der Waals surface area contributed by atoms with Crippen LogP contribution in [-0.2, 0) is 0 Å². The van der Waals surface area contributed by atoms with Crippen LogP contribution in [0.3, 0.4) is 0 Å². The van der Waals surface area contributed by atoms with Crippen molar-refractivity contribution in [1.29, 1.82) is 0 Å². The summed E-state index contributed by atoms with van der Waals surface area (Å²) in [5, 5.41) is 4.96. The second-order valence-electron chi connectivity index (χ2n) is 4.38. The van der Waals surface area contributed by atoms with Crippen molar-refractivity contribution in [2.45, 2.75) is 19.9 Å². The molecule has 0 saturated heterocycles. The first-order valence-corrected chi connectivity index (χ1v) is 6.20. The highest BCUT2D eigenvalue weighted by Gasteiger charge is 2.19. The highest BCUT2D eigenvalue weighted by Crippen LogP contribution is 2.27. The fourth-order valence-electron chi connectivity index (χ4n) is 1.91. The van der Waals surface area contributed by atoms with Gasteiger partial charge in [0.25, 0.3) is 0 Å². The van der Waals surface area contributed by atoms with Crippen LogP contribution >= 0.6 is 11.6 Å². The number of nitrogens with two attached hydrogens (primary N) is 2. The molecule has 0 aliphatic rings. The molecule has 5 heteroatoms. The first-order chi connectivity index (χ1) is 8.54. The fourth-order valence-corrected chi connectivity index (χ4v) is 2.32. The van der Waals surface area contributed by atoms with Crippen LogP contribution < -0.4 is 11.5 Å². The number of aromatic nitrogens is 2. The summed E-state index contributed by atoms with van der Waals surface area (Å²) in [4.78, 5) is 0.